The summed E-state index contributed by atoms with van der Waals surface area (Å²) in [5.74, 6) is 6.68. The highest BCUT2D eigenvalue weighted by molar-refractivity contribution is 7.12. The van der Waals surface area contributed by atoms with Gasteiger partial charge in [-0.05, 0) is 30.9 Å². The Kier molecular flexibility index (Phi) is 6.78. The van der Waals surface area contributed by atoms with E-state index in [-0.39, 0.29) is 12.5 Å². The normalized spacial score (nSPS) is 15.3. The van der Waals surface area contributed by atoms with Crippen molar-refractivity contribution in [2.45, 2.75) is 51.5 Å². The minimum Gasteiger partial charge on any atom is -0.395 e. The maximum absolute atomic E-state index is 11.9. The van der Waals surface area contributed by atoms with Crippen LogP contribution in [0.2, 0.25) is 0 Å². The lowest BCUT2D eigenvalue weighted by molar-refractivity contribution is -0.122. The number of amides is 1. The Hall–Kier alpha value is -1.31. The highest BCUT2D eigenvalue weighted by atomic mass is 32.1. The third-order valence-electron chi connectivity index (χ3n) is 3.77. The van der Waals surface area contributed by atoms with Crippen LogP contribution in [-0.2, 0) is 11.3 Å². The molecule has 0 aliphatic heterocycles. The quantitative estimate of drug-likeness (QED) is 0.821. The van der Waals surface area contributed by atoms with Crippen molar-refractivity contribution in [3.05, 3.63) is 21.9 Å². The number of nitrogens with one attached hydrogen (secondary N) is 1. The van der Waals surface area contributed by atoms with E-state index in [0.29, 0.717) is 25.3 Å². The Balaban J connectivity index is 1.72. The highest BCUT2D eigenvalue weighted by Gasteiger charge is 2.16. The van der Waals surface area contributed by atoms with E-state index in [4.69, 9.17) is 5.11 Å². The molecule has 0 bridgehead atoms. The van der Waals surface area contributed by atoms with Gasteiger partial charge in [0.1, 0.15) is 0 Å². The molecule has 0 atom stereocenters. The van der Waals surface area contributed by atoms with Crippen LogP contribution >= 0.6 is 11.3 Å². The maximum Gasteiger partial charge on any atom is 0.220 e. The van der Waals surface area contributed by atoms with E-state index in [9.17, 15) is 4.79 Å². The van der Waals surface area contributed by atoms with Crippen LogP contribution in [0.15, 0.2) is 12.1 Å². The maximum atomic E-state index is 11.9. The van der Waals surface area contributed by atoms with Gasteiger partial charge >= 0.3 is 0 Å². The third-order valence-corrected chi connectivity index (χ3v) is 4.77. The zero-order valence-electron chi connectivity index (χ0n) is 12.4. The van der Waals surface area contributed by atoms with Crippen LogP contribution in [0.4, 0.5) is 0 Å². The number of carbonyl (C=O) groups is 1. The van der Waals surface area contributed by atoms with Crippen molar-refractivity contribution in [1.82, 2.24) is 5.32 Å². The summed E-state index contributed by atoms with van der Waals surface area (Å²) in [6.07, 6.45) is 7.47. The second-order valence-electron chi connectivity index (χ2n) is 5.53. The fraction of sp³-hybridized carbons (Fsp3) is 0.588. The smallest absolute Gasteiger partial charge is 0.220 e. The molecule has 1 amide bonds. The number of hydrogen-bond acceptors (Lipinski definition) is 3. The summed E-state index contributed by atoms with van der Waals surface area (Å²) in [5.41, 5.74) is 0. The van der Waals surface area contributed by atoms with Gasteiger partial charge in [-0.25, -0.2) is 0 Å². The Labute approximate surface area is 130 Å². The van der Waals surface area contributed by atoms with Crippen LogP contribution in [0, 0.1) is 17.8 Å². The molecule has 1 saturated carbocycles. The average Bonchev–Trinajstić information content (AvgIpc) is 2.94. The minimum absolute atomic E-state index is 0.0997. The standard InChI is InChI=1S/C17H23NO2S/c19-11-5-4-8-15-9-10-16(21-15)13-18-17(20)12-14-6-2-1-3-7-14/h9-10,14,19H,1-3,5-7,11-13H2,(H,18,20). The summed E-state index contributed by atoms with van der Waals surface area (Å²) in [6, 6.07) is 3.98. The second kappa shape index (κ2) is 8.86. The van der Waals surface area contributed by atoms with Gasteiger partial charge < -0.3 is 10.4 Å². The van der Waals surface area contributed by atoms with Crippen LogP contribution < -0.4 is 5.32 Å². The molecule has 21 heavy (non-hydrogen) atoms. The highest BCUT2D eigenvalue weighted by Crippen LogP contribution is 2.26. The molecule has 1 aromatic rings. The molecule has 0 radical (unpaired) electrons. The number of thiophene rings is 1. The van der Waals surface area contributed by atoms with Crippen LogP contribution in [-0.4, -0.2) is 17.6 Å². The van der Waals surface area contributed by atoms with Crippen molar-refractivity contribution in [3.63, 3.8) is 0 Å². The van der Waals surface area contributed by atoms with Crippen LogP contribution in [0.25, 0.3) is 0 Å². The summed E-state index contributed by atoms with van der Waals surface area (Å²) < 4.78 is 0. The van der Waals surface area contributed by atoms with Gasteiger partial charge in [-0.1, -0.05) is 31.1 Å². The molecule has 1 heterocycles. The van der Waals surface area contributed by atoms with E-state index in [0.717, 1.165) is 9.75 Å². The fourth-order valence-corrected chi connectivity index (χ4v) is 3.48. The van der Waals surface area contributed by atoms with E-state index in [1.165, 1.54) is 32.1 Å². The van der Waals surface area contributed by atoms with E-state index in [1.54, 1.807) is 11.3 Å². The molecule has 4 heteroatoms. The summed E-state index contributed by atoms with van der Waals surface area (Å²) >= 11 is 1.60. The monoisotopic (exact) mass is 305 g/mol. The lowest BCUT2D eigenvalue weighted by atomic mass is 9.87. The van der Waals surface area contributed by atoms with Gasteiger partial charge in [-0.3, -0.25) is 4.79 Å². The van der Waals surface area contributed by atoms with Gasteiger partial charge in [0.25, 0.3) is 0 Å². The van der Waals surface area contributed by atoms with Gasteiger partial charge in [-0.15, -0.1) is 11.3 Å². The summed E-state index contributed by atoms with van der Waals surface area (Å²) in [4.78, 5) is 14.1. The second-order valence-corrected chi connectivity index (χ2v) is 6.69. The zero-order chi connectivity index (χ0) is 14.9. The fourth-order valence-electron chi connectivity index (χ4n) is 2.66. The lowest BCUT2D eigenvalue weighted by Gasteiger charge is -2.20. The predicted octanol–water partition coefficient (Wildman–Crippen LogP) is 3.07. The predicted molar refractivity (Wildman–Crippen MR) is 85.9 cm³/mol. The van der Waals surface area contributed by atoms with Crippen molar-refractivity contribution in [2.24, 2.45) is 5.92 Å². The lowest BCUT2D eigenvalue weighted by Crippen LogP contribution is -2.25. The molecule has 2 rings (SSSR count). The zero-order valence-corrected chi connectivity index (χ0v) is 13.2. The van der Waals surface area contributed by atoms with Crippen molar-refractivity contribution in [3.8, 4) is 11.8 Å². The molecule has 1 aliphatic carbocycles. The number of aliphatic hydroxyl groups is 1. The minimum atomic E-state index is 0.0997. The number of aliphatic hydroxyl groups excluding tert-OH is 1. The van der Waals surface area contributed by atoms with Crippen molar-refractivity contribution >= 4 is 17.2 Å². The van der Waals surface area contributed by atoms with E-state index in [1.807, 2.05) is 12.1 Å². The van der Waals surface area contributed by atoms with Gasteiger partial charge in [0.05, 0.1) is 18.0 Å². The number of hydrogen-bond donors (Lipinski definition) is 2. The molecule has 114 valence electrons. The Morgan fingerprint density at radius 1 is 1.33 bits per heavy atom. The van der Waals surface area contributed by atoms with Gasteiger partial charge in [0, 0.05) is 17.7 Å². The molecular weight excluding hydrogens is 282 g/mol. The van der Waals surface area contributed by atoms with Crippen molar-refractivity contribution in [1.29, 1.82) is 0 Å². The summed E-state index contributed by atoms with van der Waals surface area (Å²) in [5, 5.41) is 11.7. The molecule has 2 N–H and O–H groups in total. The van der Waals surface area contributed by atoms with E-state index in [2.05, 4.69) is 17.2 Å². The van der Waals surface area contributed by atoms with Crippen molar-refractivity contribution in [2.75, 3.05) is 6.61 Å². The Morgan fingerprint density at radius 3 is 2.90 bits per heavy atom. The Morgan fingerprint density at radius 2 is 2.14 bits per heavy atom. The summed E-state index contributed by atoms with van der Waals surface area (Å²) in [7, 11) is 0. The molecule has 0 saturated heterocycles. The topological polar surface area (TPSA) is 49.3 Å². The molecule has 1 aromatic heterocycles. The number of rotatable bonds is 5. The largest absolute Gasteiger partial charge is 0.395 e. The molecule has 0 spiro atoms. The van der Waals surface area contributed by atoms with Crippen LogP contribution in [0.1, 0.15) is 54.7 Å². The van der Waals surface area contributed by atoms with E-state index < -0.39 is 0 Å². The van der Waals surface area contributed by atoms with Crippen LogP contribution in [0.5, 0.6) is 0 Å². The first-order chi connectivity index (χ1) is 10.3. The molecule has 1 aliphatic rings. The molecule has 0 unspecified atom stereocenters. The van der Waals surface area contributed by atoms with Crippen molar-refractivity contribution < 1.29 is 9.90 Å². The van der Waals surface area contributed by atoms with Gasteiger partial charge in [0.15, 0.2) is 0 Å². The SMILES string of the molecule is O=C(CC1CCCCC1)NCc1ccc(C#CCCO)s1. The molecule has 1 fully saturated rings. The number of carbonyl (C=O) groups excluding carboxylic acids is 1. The summed E-state index contributed by atoms with van der Waals surface area (Å²) in [6.45, 7) is 0.695. The molecule has 3 nitrogen and oxygen atoms in total. The first kappa shape index (κ1) is 16.1. The first-order valence-electron chi connectivity index (χ1n) is 7.73. The average molecular weight is 305 g/mol. The van der Waals surface area contributed by atoms with Gasteiger partial charge in [-0.2, -0.15) is 0 Å². The van der Waals surface area contributed by atoms with Crippen LogP contribution in [0.3, 0.4) is 0 Å². The first-order valence-corrected chi connectivity index (χ1v) is 8.54. The Bertz CT molecular complexity index is 506. The molecular formula is C17H23NO2S. The van der Waals surface area contributed by atoms with E-state index >= 15 is 0 Å². The molecule has 0 aromatic carbocycles. The third kappa shape index (κ3) is 5.91. The van der Waals surface area contributed by atoms with Gasteiger partial charge in [0.2, 0.25) is 5.91 Å².